The molecule has 0 unspecified atom stereocenters. The Kier molecular flexibility index (Phi) is 4.20. The number of hydrogen-bond donors (Lipinski definition) is 1. The van der Waals surface area contributed by atoms with Crippen molar-refractivity contribution in [1.29, 1.82) is 0 Å². The summed E-state index contributed by atoms with van der Waals surface area (Å²) in [4.78, 5) is 11.6. The molecule has 0 saturated heterocycles. The van der Waals surface area contributed by atoms with Crippen molar-refractivity contribution in [3.63, 3.8) is 0 Å². The highest BCUT2D eigenvalue weighted by molar-refractivity contribution is 5.79. The van der Waals surface area contributed by atoms with E-state index in [4.69, 9.17) is 4.74 Å². The monoisotopic (exact) mass is 273 g/mol. The molecular formula is C15H19N3O2. The summed E-state index contributed by atoms with van der Waals surface area (Å²) < 4.78 is 6.56. The van der Waals surface area contributed by atoms with Crippen molar-refractivity contribution in [3.05, 3.63) is 48.3 Å². The van der Waals surface area contributed by atoms with Gasteiger partial charge in [0.15, 0.2) is 0 Å². The smallest absolute Gasteiger partial charge is 0.325 e. The molecule has 0 amide bonds. The van der Waals surface area contributed by atoms with Crippen LogP contribution in [0.5, 0.6) is 0 Å². The van der Waals surface area contributed by atoms with E-state index < -0.39 is 5.54 Å². The van der Waals surface area contributed by atoms with Gasteiger partial charge < -0.3 is 4.74 Å². The Morgan fingerprint density at radius 3 is 2.65 bits per heavy atom. The lowest BCUT2D eigenvalue weighted by Crippen LogP contribution is -2.47. The SMILES string of the molecule is COC(=O)C(C)(C)NCc1ccn(-c2ccccc2)n1. The minimum absolute atomic E-state index is 0.292. The largest absolute Gasteiger partial charge is 0.468 e. The predicted molar refractivity (Wildman–Crippen MR) is 76.5 cm³/mol. The highest BCUT2D eigenvalue weighted by atomic mass is 16.5. The Morgan fingerprint density at radius 2 is 2.00 bits per heavy atom. The van der Waals surface area contributed by atoms with Crippen molar-refractivity contribution in [2.45, 2.75) is 25.9 Å². The van der Waals surface area contributed by atoms with E-state index in [1.807, 2.05) is 47.3 Å². The molecule has 0 spiro atoms. The van der Waals surface area contributed by atoms with E-state index in [-0.39, 0.29) is 5.97 Å². The van der Waals surface area contributed by atoms with Crippen LogP contribution < -0.4 is 5.32 Å². The van der Waals surface area contributed by atoms with Gasteiger partial charge in [-0.3, -0.25) is 10.1 Å². The normalized spacial score (nSPS) is 11.3. The second-order valence-corrected chi connectivity index (χ2v) is 5.06. The maximum absolute atomic E-state index is 11.6. The van der Waals surface area contributed by atoms with Crippen LogP contribution in [0, 0.1) is 0 Å². The fourth-order valence-electron chi connectivity index (χ4n) is 1.82. The van der Waals surface area contributed by atoms with Crippen molar-refractivity contribution < 1.29 is 9.53 Å². The minimum Gasteiger partial charge on any atom is -0.468 e. The molecule has 0 atom stereocenters. The Labute approximate surface area is 118 Å². The third-order valence-electron chi connectivity index (χ3n) is 3.07. The van der Waals surface area contributed by atoms with Gasteiger partial charge in [0.05, 0.1) is 18.5 Å². The number of nitrogens with zero attached hydrogens (tertiary/aromatic N) is 2. The van der Waals surface area contributed by atoms with Crippen LogP contribution in [0.3, 0.4) is 0 Å². The van der Waals surface area contributed by atoms with E-state index in [0.29, 0.717) is 6.54 Å². The Hall–Kier alpha value is -2.14. The minimum atomic E-state index is -0.731. The van der Waals surface area contributed by atoms with Gasteiger partial charge in [-0.2, -0.15) is 5.10 Å². The standard InChI is InChI=1S/C15H19N3O2/c1-15(2,14(19)20-3)16-11-12-9-10-18(17-12)13-7-5-4-6-8-13/h4-10,16H,11H2,1-3H3. The fraction of sp³-hybridized carbons (Fsp3) is 0.333. The van der Waals surface area contributed by atoms with Crippen LogP contribution in [0.15, 0.2) is 42.6 Å². The summed E-state index contributed by atoms with van der Waals surface area (Å²) in [6.45, 7) is 4.07. The summed E-state index contributed by atoms with van der Waals surface area (Å²) in [7, 11) is 1.38. The molecule has 20 heavy (non-hydrogen) atoms. The van der Waals surface area contributed by atoms with Crippen LogP contribution in [-0.2, 0) is 16.1 Å². The fourth-order valence-corrected chi connectivity index (χ4v) is 1.82. The van der Waals surface area contributed by atoms with Gasteiger partial charge >= 0.3 is 5.97 Å². The lowest BCUT2D eigenvalue weighted by molar-refractivity contribution is -0.147. The molecule has 1 aromatic heterocycles. The van der Waals surface area contributed by atoms with E-state index in [2.05, 4.69) is 10.4 Å². The molecule has 0 fully saturated rings. The molecule has 0 saturated carbocycles. The zero-order chi connectivity index (χ0) is 14.6. The van der Waals surface area contributed by atoms with E-state index in [1.165, 1.54) is 7.11 Å². The molecule has 0 bridgehead atoms. The number of rotatable bonds is 5. The number of carbonyl (C=O) groups excluding carboxylic acids is 1. The van der Waals surface area contributed by atoms with Gasteiger partial charge in [-0.15, -0.1) is 0 Å². The summed E-state index contributed by atoms with van der Waals surface area (Å²) in [5.74, 6) is -0.292. The highest BCUT2D eigenvalue weighted by Crippen LogP contribution is 2.09. The van der Waals surface area contributed by atoms with Crippen LogP contribution >= 0.6 is 0 Å². The zero-order valence-electron chi connectivity index (χ0n) is 12.0. The first-order valence-electron chi connectivity index (χ1n) is 6.46. The molecular weight excluding hydrogens is 254 g/mol. The molecule has 1 heterocycles. The van der Waals surface area contributed by atoms with Gasteiger partial charge in [0, 0.05) is 12.7 Å². The molecule has 0 aliphatic carbocycles. The second kappa shape index (κ2) is 5.88. The number of ether oxygens (including phenoxy) is 1. The maximum Gasteiger partial charge on any atom is 0.325 e. The Morgan fingerprint density at radius 1 is 1.30 bits per heavy atom. The average Bonchev–Trinajstić information content (AvgIpc) is 2.94. The van der Waals surface area contributed by atoms with Crippen molar-refractivity contribution in [2.24, 2.45) is 0 Å². The van der Waals surface area contributed by atoms with Gasteiger partial charge in [0.2, 0.25) is 0 Å². The lowest BCUT2D eigenvalue weighted by Gasteiger charge is -2.22. The third kappa shape index (κ3) is 3.24. The van der Waals surface area contributed by atoms with Crippen LogP contribution in [0.4, 0.5) is 0 Å². The summed E-state index contributed by atoms with van der Waals surface area (Å²) in [5.41, 5.74) is 1.14. The number of methoxy groups -OCH3 is 1. The van der Waals surface area contributed by atoms with Crippen molar-refractivity contribution in [3.8, 4) is 5.69 Å². The quantitative estimate of drug-likeness (QED) is 0.846. The first-order valence-corrected chi connectivity index (χ1v) is 6.46. The first-order chi connectivity index (χ1) is 9.53. The second-order valence-electron chi connectivity index (χ2n) is 5.06. The Bertz CT molecular complexity index is 576. The highest BCUT2D eigenvalue weighted by Gasteiger charge is 2.27. The van der Waals surface area contributed by atoms with Gasteiger partial charge in [-0.25, -0.2) is 4.68 Å². The summed E-state index contributed by atoms with van der Waals surface area (Å²) >= 11 is 0. The molecule has 0 aliphatic rings. The van der Waals surface area contributed by atoms with Crippen LogP contribution in [-0.4, -0.2) is 28.4 Å². The van der Waals surface area contributed by atoms with Crippen molar-refractivity contribution in [2.75, 3.05) is 7.11 Å². The van der Waals surface area contributed by atoms with E-state index in [1.54, 1.807) is 13.8 Å². The van der Waals surface area contributed by atoms with Crippen molar-refractivity contribution in [1.82, 2.24) is 15.1 Å². The number of benzene rings is 1. The predicted octanol–water partition coefficient (Wildman–Crippen LogP) is 1.91. The van der Waals surface area contributed by atoms with Crippen LogP contribution in [0.1, 0.15) is 19.5 Å². The molecule has 106 valence electrons. The lowest BCUT2D eigenvalue weighted by atomic mass is 10.1. The molecule has 5 heteroatoms. The number of esters is 1. The number of hydrogen-bond acceptors (Lipinski definition) is 4. The summed E-state index contributed by atoms with van der Waals surface area (Å²) in [6, 6.07) is 11.8. The van der Waals surface area contributed by atoms with E-state index in [0.717, 1.165) is 11.4 Å². The molecule has 1 aromatic carbocycles. The molecule has 2 aromatic rings. The van der Waals surface area contributed by atoms with Crippen molar-refractivity contribution >= 4 is 5.97 Å². The molecule has 5 nitrogen and oxygen atoms in total. The topological polar surface area (TPSA) is 56.1 Å². The summed E-state index contributed by atoms with van der Waals surface area (Å²) in [6.07, 6.45) is 1.90. The number of para-hydroxylation sites is 1. The molecule has 1 N–H and O–H groups in total. The number of aromatic nitrogens is 2. The van der Waals surface area contributed by atoms with Crippen LogP contribution in [0.2, 0.25) is 0 Å². The number of nitrogens with one attached hydrogen (secondary N) is 1. The van der Waals surface area contributed by atoms with Gasteiger partial charge in [0.25, 0.3) is 0 Å². The van der Waals surface area contributed by atoms with Crippen LogP contribution in [0.25, 0.3) is 5.69 Å². The number of carbonyl (C=O) groups is 1. The average molecular weight is 273 g/mol. The third-order valence-corrected chi connectivity index (χ3v) is 3.07. The van der Waals surface area contributed by atoms with E-state index >= 15 is 0 Å². The van der Waals surface area contributed by atoms with E-state index in [9.17, 15) is 4.79 Å². The summed E-state index contributed by atoms with van der Waals surface area (Å²) in [5, 5.41) is 7.61. The maximum atomic E-state index is 11.6. The van der Waals surface area contributed by atoms with Gasteiger partial charge in [-0.1, -0.05) is 18.2 Å². The first kappa shape index (κ1) is 14.3. The zero-order valence-corrected chi connectivity index (χ0v) is 12.0. The molecule has 0 aliphatic heterocycles. The Balaban J connectivity index is 2.02. The van der Waals surface area contributed by atoms with Gasteiger partial charge in [0.1, 0.15) is 5.54 Å². The molecule has 2 rings (SSSR count). The molecule has 0 radical (unpaired) electrons. The van der Waals surface area contributed by atoms with Gasteiger partial charge in [-0.05, 0) is 32.0 Å².